The fourth-order valence-corrected chi connectivity index (χ4v) is 3.36. The number of benzene rings is 2. The van der Waals surface area contributed by atoms with Crippen molar-refractivity contribution in [3.63, 3.8) is 0 Å². The first-order valence-corrected chi connectivity index (χ1v) is 9.36. The number of nitrogens with zero attached hydrogens (tertiary/aromatic N) is 3. The molecule has 1 aliphatic heterocycles. The summed E-state index contributed by atoms with van der Waals surface area (Å²) in [6, 6.07) is 13.5. The Labute approximate surface area is 168 Å². The van der Waals surface area contributed by atoms with Crippen LogP contribution in [0.3, 0.4) is 0 Å². The number of anilines is 2. The van der Waals surface area contributed by atoms with Gasteiger partial charge in [-0.15, -0.1) is 0 Å². The topological polar surface area (TPSA) is 73.3 Å². The van der Waals surface area contributed by atoms with E-state index in [1.807, 2.05) is 4.90 Å². The summed E-state index contributed by atoms with van der Waals surface area (Å²) in [5.41, 5.74) is 1.16. The molecule has 1 saturated heterocycles. The molecule has 2 aromatic carbocycles. The van der Waals surface area contributed by atoms with Crippen LogP contribution in [0.4, 0.5) is 15.8 Å². The molecule has 0 atom stereocenters. The Morgan fingerprint density at radius 1 is 1.03 bits per heavy atom. The highest BCUT2D eigenvalue weighted by Crippen LogP contribution is 2.21. The van der Waals surface area contributed by atoms with E-state index in [2.05, 4.69) is 0 Å². The Bertz CT molecular complexity index is 851. The summed E-state index contributed by atoms with van der Waals surface area (Å²) in [4.78, 5) is 29.2. The van der Waals surface area contributed by atoms with Gasteiger partial charge in [-0.3, -0.25) is 9.59 Å². The minimum absolute atomic E-state index is 0.0433. The van der Waals surface area contributed by atoms with Crippen LogP contribution in [0.2, 0.25) is 0 Å². The second-order valence-electron chi connectivity index (χ2n) is 6.77. The third-order valence-electron chi connectivity index (χ3n) is 4.92. The number of aliphatic carboxylic acids is 1. The van der Waals surface area contributed by atoms with Crippen molar-refractivity contribution < 1.29 is 23.8 Å². The number of para-hydroxylation sites is 1. The van der Waals surface area contributed by atoms with Crippen molar-refractivity contribution in [3.05, 3.63) is 54.3 Å². The number of ether oxygens (including phenoxy) is 1. The predicted molar refractivity (Wildman–Crippen MR) is 108 cm³/mol. The second-order valence-corrected chi connectivity index (χ2v) is 6.77. The summed E-state index contributed by atoms with van der Waals surface area (Å²) in [5, 5.41) is 9.22. The zero-order chi connectivity index (χ0) is 20.8. The van der Waals surface area contributed by atoms with Gasteiger partial charge in [0.25, 0.3) is 0 Å². The molecule has 154 valence electrons. The summed E-state index contributed by atoms with van der Waals surface area (Å²) >= 11 is 0. The average molecular weight is 401 g/mol. The largest absolute Gasteiger partial charge is 0.497 e. The molecule has 0 bridgehead atoms. The second kappa shape index (κ2) is 9.27. The molecule has 1 heterocycles. The number of hydrogen-bond donors (Lipinski definition) is 1. The van der Waals surface area contributed by atoms with E-state index in [0.717, 1.165) is 0 Å². The molecule has 0 aromatic heterocycles. The van der Waals surface area contributed by atoms with Crippen molar-refractivity contribution in [1.82, 2.24) is 4.90 Å². The number of carbonyl (C=O) groups excluding carboxylic acids is 1. The maximum atomic E-state index is 14.0. The van der Waals surface area contributed by atoms with Crippen LogP contribution in [-0.2, 0) is 9.59 Å². The first-order valence-electron chi connectivity index (χ1n) is 9.36. The lowest BCUT2D eigenvalue weighted by atomic mass is 10.2. The zero-order valence-electron chi connectivity index (χ0n) is 16.3. The smallest absolute Gasteiger partial charge is 0.323 e. The number of methoxy groups -OCH3 is 1. The first kappa shape index (κ1) is 20.4. The Hall–Kier alpha value is -3.29. The van der Waals surface area contributed by atoms with Gasteiger partial charge in [-0.05, 0) is 36.4 Å². The van der Waals surface area contributed by atoms with Crippen molar-refractivity contribution in [3.8, 4) is 5.75 Å². The number of amides is 1. The maximum absolute atomic E-state index is 14.0. The molecule has 0 unspecified atom stereocenters. The summed E-state index contributed by atoms with van der Waals surface area (Å²) in [7, 11) is 1.55. The molecule has 1 N–H and O–H groups in total. The van der Waals surface area contributed by atoms with E-state index in [-0.39, 0.29) is 24.8 Å². The third kappa shape index (κ3) is 5.16. The quantitative estimate of drug-likeness (QED) is 0.766. The minimum Gasteiger partial charge on any atom is -0.497 e. The Balaban J connectivity index is 1.62. The van der Waals surface area contributed by atoms with Crippen molar-refractivity contribution >= 4 is 23.3 Å². The Morgan fingerprint density at radius 2 is 1.69 bits per heavy atom. The molecule has 1 fully saturated rings. The molecule has 2 aromatic rings. The molecule has 0 spiro atoms. The number of piperazine rings is 1. The fraction of sp³-hybridized carbons (Fsp3) is 0.333. The first-order chi connectivity index (χ1) is 14.0. The average Bonchev–Trinajstić information content (AvgIpc) is 2.73. The maximum Gasteiger partial charge on any atom is 0.323 e. The standard InChI is InChI=1S/C21H24FN3O4/c1-29-17-8-6-16(7-9-17)25(15-21(27)28)14-20(26)24-12-10-23(11-13-24)19-5-3-2-4-18(19)22/h2-9H,10-15H2,1H3,(H,27,28). The van der Waals surface area contributed by atoms with Gasteiger partial charge in [-0.1, -0.05) is 12.1 Å². The van der Waals surface area contributed by atoms with Crippen LogP contribution in [0, 0.1) is 5.82 Å². The van der Waals surface area contributed by atoms with Gasteiger partial charge in [0.1, 0.15) is 18.1 Å². The fourth-order valence-electron chi connectivity index (χ4n) is 3.36. The minimum atomic E-state index is -1.02. The zero-order valence-corrected chi connectivity index (χ0v) is 16.3. The van der Waals surface area contributed by atoms with Gasteiger partial charge in [0, 0.05) is 31.9 Å². The molecule has 3 rings (SSSR count). The molecular formula is C21H24FN3O4. The third-order valence-corrected chi connectivity index (χ3v) is 4.92. The molecule has 0 saturated carbocycles. The van der Waals surface area contributed by atoms with E-state index >= 15 is 0 Å². The van der Waals surface area contributed by atoms with Crippen LogP contribution in [0.1, 0.15) is 0 Å². The van der Waals surface area contributed by atoms with Gasteiger partial charge in [0.05, 0.1) is 19.3 Å². The molecule has 8 heteroatoms. The number of rotatable bonds is 7. The van der Waals surface area contributed by atoms with Crippen molar-refractivity contribution in [1.29, 1.82) is 0 Å². The highest BCUT2D eigenvalue weighted by Gasteiger charge is 2.25. The normalized spacial score (nSPS) is 13.9. The Kier molecular flexibility index (Phi) is 6.54. The van der Waals surface area contributed by atoms with Gasteiger partial charge >= 0.3 is 5.97 Å². The molecule has 1 amide bonds. The monoisotopic (exact) mass is 401 g/mol. The lowest BCUT2D eigenvalue weighted by Crippen LogP contribution is -2.52. The van der Waals surface area contributed by atoms with Crippen molar-refractivity contribution in [2.75, 3.05) is 56.2 Å². The molecule has 1 aliphatic rings. The van der Waals surface area contributed by atoms with E-state index < -0.39 is 5.97 Å². The van der Waals surface area contributed by atoms with Crippen LogP contribution in [0.25, 0.3) is 0 Å². The number of carboxylic acid groups (broad SMARTS) is 1. The number of carboxylic acids is 1. The van der Waals surface area contributed by atoms with E-state index in [1.54, 1.807) is 54.5 Å². The Morgan fingerprint density at radius 3 is 2.28 bits per heavy atom. The lowest BCUT2D eigenvalue weighted by Gasteiger charge is -2.37. The van der Waals surface area contributed by atoms with Gasteiger partial charge in [-0.25, -0.2) is 4.39 Å². The van der Waals surface area contributed by atoms with Gasteiger partial charge in [-0.2, -0.15) is 0 Å². The van der Waals surface area contributed by atoms with E-state index in [9.17, 15) is 19.1 Å². The van der Waals surface area contributed by atoms with E-state index in [1.165, 1.54) is 11.0 Å². The van der Waals surface area contributed by atoms with Crippen LogP contribution in [0.15, 0.2) is 48.5 Å². The molecular weight excluding hydrogens is 377 g/mol. The molecule has 7 nitrogen and oxygen atoms in total. The van der Waals surface area contributed by atoms with Gasteiger partial charge < -0.3 is 24.5 Å². The predicted octanol–water partition coefficient (Wildman–Crippen LogP) is 2.07. The summed E-state index contributed by atoms with van der Waals surface area (Å²) < 4.78 is 19.1. The summed E-state index contributed by atoms with van der Waals surface area (Å²) in [6.45, 7) is 1.63. The van der Waals surface area contributed by atoms with Crippen LogP contribution in [-0.4, -0.2) is 68.3 Å². The van der Waals surface area contributed by atoms with Crippen LogP contribution >= 0.6 is 0 Å². The number of halogens is 1. The number of hydrogen-bond acceptors (Lipinski definition) is 5. The highest BCUT2D eigenvalue weighted by molar-refractivity contribution is 5.84. The summed E-state index contributed by atoms with van der Waals surface area (Å²) in [5.74, 6) is -0.799. The van der Waals surface area contributed by atoms with Crippen LogP contribution < -0.4 is 14.5 Å². The SMILES string of the molecule is COc1ccc(N(CC(=O)O)CC(=O)N2CCN(c3ccccc3F)CC2)cc1. The molecule has 29 heavy (non-hydrogen) atoms. The van der Waals surface area contributed by atoms with Gasteiger partial charge in [0.2, 0.25) is 5.91 Å². The summed E-state index contributed by atoms with van der Waals surface area (Å²) in [6.07, 6.45) is 0. The van der Waals surface area contributed by atoms with Gasteiger partial charge in [0.15, 0.2) is 0 Å². The highest BCUT2D eigenvalue weighted by atomic mass is 19.1. The van der Waals surface area contributed by atoms with E-state index in [4.69, 9.17) is 4.74 Å². The molecule has 0 aliphatic carbocycles. The van der Waals surface area contributed by atoms with Crippen molar-refractivity contribution in [2.45, 2.75) is 0 Å². The van der Waals surface area contributed by atoms with E-state index in [0.29, 0.717) is 43.3 Å². The van der Waals surface area contributed by atoms with Crippen LogP contribution in [0.5, 0.6) is 5.75 Å². The molecule has 0 radical (unpaired) electrons. The lowest BCUT2D eigenvalue weighted by molar-refractivity contribution is -0.135. The number of carbonyl (C=O) groups is 2. The van der Waals surface area contributed by atoms with Crippen molar-refractivity contribution in [2.24, 2.45) is 0 Å².